The molecule has 3 rings (SSSR count). The minimum atomic E-state index is -0.950. The number of amides is 1. The molecule has 0 aliphatic carbocycles. The number of thioether (sulfide) groups is 2. The maximum absolute atomic E-state index is 11.7. The van der Waals surface area contributed by atoms with Crippen molar-refractivity contribution < 1.29 is 19.1 Å². The van der Waals surface area contributed by atoms with Gasteiger partial charge in [-0.2, -0.15) is 0 Å². The molecule has 0 saturated carbocycles. The third kappa shape index (κ3) is 2.11. The van der Waals surface area contributed by atoms with Crippen molar-refractivity contribution in [3.8, 4) is 0 Å². The third-order valence-electron chi connectivity index (χ3n) is 3.63. The number of carbonyl (C=O) groups excluding carboxylic acids is 1. The Balaban J connectivity index is 1.72. The number of carboxylic acids is 1. The first kappa shape index (κ1) is 13.8. The van der Waals surface area contributed by atoms with E-state index in [1.807, 2.05) is 0 Å². The van der Waals surface area contributed by atoms with Crippen molar-refractivity contribution in [3.05, 3.63) is 18.4 Å². The Kier molecular flexibility index (Phi) is 3.47. The van der Waals surface area contributed by atoms with E-state index >= 15 is 0 Å². The fourth-order valence-corrected chi connectivity index (χ4v) is 5.01. The summed E-state index contributed by atoms with van der Waals surface area (Å²) in [7, 11) is 0. The van der Waals surface area contributed by atoms with Crippen LogP contribution in [0.3, 0.4) is 0 Å². The molecule has 20 heavy (non-hydrogen) atoms. The van der Waals surface area contributed by atoms with Gasteiger partial charge in [-0.1, -0.05) is 11.8 Å². The Morgan fingerprint density at radius 3 is 3.15 bits per heavy atom. The third-order valence-corrected chi connectivity index (χ3v) is 6.45. The summed E-state index contributed by atoms with van der Waals surface area (Å²) in [6.45, 7) is 0.222. The number of carbonyl (C=O) groups is 2. The monoisotopic (exact) mass is 314 g/mol. The van der Waals surface area contributed by atoms with Crippen LogP contribution in [0.2, 0.25) is 0 Å². The van der Waals surface area contributed by atoms with Gasteiger partial charge in [0.05, 0.1) is 6.26 Å². The standard InChI is InChI=1S/C12H14N2O4S2/c13-8-9(15)14-4-12(11(16)17,6-20-10(8)14)5-19-7-2-1-3-18-7/h1-3,8,10H,4-6,13H2,(H,16,17)/t8?,10-,12?/m1/s1. The molecule has 2 saturated heterocycles. The average Bonchev–Trinajstić information content (AvgIpc) is 2.97. The lowest BCUT2D eigenvalue weighted by Crippen LogP contribution is -2.72. The zero-order chi connectivity index (χ0) is 14.3. The zero-order valence-corrected chi connectivity index (χ0v) is 12.2. The number of carboxylic acid groups (broad SMARTS) is 1. The molecule has 1 aromatic heterocycles. The van der Waals surface area contributed by atoms with Crippen molar-refractivity contribution in [2.75, 3.05) is 18.1 Å². The van der Waals surface area contributed by atoms with E-state index in [0.29, 0.717) is 16.6 Å². The lowest BCUT2D eigenvalue weighted by molar-refractivity contribution is -0.155. The highest BCUT2D eigenvalue weighted by Gasteiger charge is 2.55. The van der Waals surface area contributed by atoms with Crippen molar-refractivity contribution in [1.82, 2.24) is 4.90 Å². The number of furan rings is 1. The molecule has 0 bridgehead atoms. The molecule has 108 valence electrons. The Bertz CT molecular complexity index is 536. The summed E-state index contributed by atoms with van der Waals surface area (Å²) in [6.07, 6.45) is 1.55. The summed E-state index contributed by atoms with van der Waals surface area (Å²) in [5, 5.41) is 10.2. The van der Waals surface area contributed by atoms with Gasteiger partial charge in [0.25, 0.3) is 0 Å². The Morgan fingerprint density at radius 1 is 1.70 bits per heavy atom. The summed E-state index contributed by atoms with van der Waals surface area (Å²) < 4.78 is 5.21. The van der Waals surface area contributed by atoms with Crippen molar-refractivity contribution in [1.29, 1.82) is 0 Å². The van der Waals surface area contributed by atoms with Gasteiger partial charge in [0.15, 0.2) is 5.09 Å². The maximum atomic E-state index is 11.7. The van der Waals surface area contributed by atoms with E-state index < -0.39 is 17.4 Å². The number of rotatable bonds is 4. The number of nitrogens with two attached hydrogens (primary N) is 1. The molecule has 2 fully saturated rings. The van der Waals surface area contributed by atoms with Gasteiger partial charge in [-0.3, -0.25) is 9.59 Å². The van der Waals surface area contributed by atoms with Crippen LogP contribution in [-0.2, 0) is 9.59 Å². The molecule has 0 aromatic carbocycles. The molecule has 6 nitrogen and oxygen atoms in total. The highest BCUT2D eigenvalue weighted by molar-refractivity contribution is 8.00. The first-order valence-electron chi connectivity index (χ1n) is 6.11. The summed E-state index contributed by atoms with van der Waals surface area (Å²) in [5.74, 6) is -0.209. The number of nitrogens with zero attached hydrogens (tertiary/aromatic N) is 1. The van der Waals surface area contributed by atoms with Crippen LogP contribution in [-0.4, -0.2) is 51.3 Å². The van der Waals surface area contributed by atoms with Gasteiger partial charge in [-0.25, -0.2) is 0 Å². The molecule has 2 aliphatic rings. The normalized spacial score (nSPS) is 32.6. The largest absolute Gasteiger partial charge is 0.481 e. The van der Waals surface area contributed by atoms with E-state index in [9.17, 15) is 14.7 Å². The average molecular weight is 314 g/mol. The van der Waals surface area contributed by atoms with Gasteiger partial charge in [-0.05, 0) is 12.1 Å². The first-order chi connectivity index (χ1) is 9.53. The second-order valence-corrected chi connectivity index (χ2v) is 7.08. The topological polar surface area (TPSA) is 96.8 Å². The van der Waals surface area contributed by atoms with E-state index in [-0.39, 0.29) is 17.8 Å². The molecule has 2 unspecified atom stereocenters. The lowest BCUT2D eigenvalue weighted by atomic mass is 9.89. The second kappa shape index (κ2) is 5.01. The molecule has 1 aromatic rings. The van der Waals surface area contributed by atoms with Gasteiger partial charge in [0.2, 0.25) is 5.91 Å². The van der Waals surface area contributed by atoms with Crippen LogP contribution in [0.25, 0.3) is 0 Å². The predicted octanol–water partition coefficient (Wildman–Crippen LogP) is 0.685. The summed E-state index contributed by atoms with van der Waals surface area (Å²) >= 11 is 2.81. The number of hydrogen-bond donors (Lipinski definition) is 2. The van der Waals surface area contributed by atoms with E-state index in [4.69, 9.17) is 10.2 Å². The molecule has 0 spiro atoms. The Hall–Kier alpha value is -1.12. The molecule has 3 N–H and O–H groups in total. The number of aliphatic carboxylic acids is 1. The van der Waals surface area contributed by atoms with E-state index in [0.717, 1.165) is 0 Å². The minimum absolute atomic E-state index is 0.0661. The van der Waals surface area contributed by atoms with Crippen LogP contribution in [0.15, 0.2) is 27.9 Å². The Morgan fingerprint density at radius 2 is 2.50 bits per heavy atom. The van der Waals surface area contributed by atoms with Gasteiger partial charge in [0, 0.05) is 18.1 Å². The van der Waals surface area contributed by atoms with Crippen molar-refractivity contribution in [2.24, 2.45) is 11.1 Å². The summed E-state index contributed by atoms with van der Waals surface area (Å²) in [5.41, 5.74) is 4.76. The molecule has 8 heteroatoms. The predicted molar refractivity (Wildman–Crippen MR) is 75.4 cm³/mol. The molecule has 3 atom stereocenters. The van der Waals surface area contributed by atoms with E-state index in [1.165, 1.54) is 23.5 Å². The van der Waals surface area contributed by atoms with Gasteiger partial charge < -0.3 is 20.2 Å². The lowest BCUT2D eigenvalue weighted by Gasteiger charge is -2.52. The maximum Gasteiger partial charge on any atom is 0.313 e. The molecule has 3 heterocycles. The van der Waals surface area contributed by atoms with Crippen LogP contribution in [0.4, 0.5) is 0 Å². The molecular formula is C12H14N2O4S2. The van der Waals surface area contributed by atoms with Gasteiger partial charge in [0.1, 0.15) is 16.8 Å². The van der Waals surface area contributed by atoms with Gasteiger partial charge >= 0.3 is 5.97 Å². The van der Waals surface area contributed by atoms with E-state index in [1.54, 1.807) is 23.3 Å². The first-order valence-corrected chi connectivity index (χ1v) is 8.14. The SMILES string of the molecule is NC1C(=O)N2CC(CSc3ccco3)(C(=O)O)CS[C@H]12. The fourth-order valence-electron chi connectivity index (χ4n) is 2.36. The van der Waals surface area contributed by atoms with E-state index in [2.05, 4.69) is 0 Å². The number of fused-ring (bicyclic) bond motifs is 1. The summed E-state index contributed by atoms with van der Waals surface area (Å²) in [4.78, 5) is 25.0. The van der Waals surface area contributed by atoms with Crippen LogP contribution >= 0.6 is 23.5 Å². The number of β-lactam (4-membered cyclic amide) rings is 1. The van der Waals surface area contributed by atoms with Crippen LogP contribution < -0.4 is 5.73 Å². The van der Waals surface area contributed by atoms with Crippen molar-refractivity contribution in [3.63, 3.8) is 0 Å². The highest BCUT2D eigenvalue weighted by Crippen LogP contribution is 2.43. The second-order valence-electron chi connectivity index (χ2n) is 5.00. The van der Waals surface area contributed by atoms with Crippen LogP contribution in [0.5, 0.6) is 0 Å². The van der Waals surface area contributed by atoms with Crippen molar-refractivity contribution in [2.45, 2.75) is 16.5 Å². The highest BCUT2D eigenvalue weighted by atomic mass is 32.2. The zero-order valence-electron chi connectivity index (χ0n) is 10.5. The Labute approximate surface area is 124 Å². The smallest absolute Gasteiger partial charge is 0.313 e. The van der Waals surface area contributed by atoms with Gasteiger partial charge in [-0.15, -0.1) is 11.8 Å². The fraction of sp³-hybridized carbons (Fsp3) is 0.500. The quantitative estimate of drug-likeness (QED) is 0.623. The molecular weight excluding hydrogens is 300 g/mol. The van der Waals surface area contributed by atoms with Crippen LogP contribution in [0, 0.1) is 5.41 Å². The number of hydrogen-bond acceptors (Lipinski definition) is 6. The molecule has 1 amide bonds. The molecule has 2 aliphatic heterocycles. The molecule has 0 radical (unpaired) electrons. The van der Waals surface area contributed by atoms with Crippen LogP contribution in [0.1, 0.15) is 0 Å². The van der Waals surface area contributed by atoms with Crippen molar-refractivity contribution >= 4 is 35.4 Å². The summed E-state index contributed by atoms with van der Waals surface area (Å²) in [6, 6.07) is 3.08. The minimum Gasteiger partial charge on any atom is -0.481 e.